The van der Waals surface area contributed by atoms with Crippen molar-refractivity contribution in [3.05, 3.63) is 54.1 Å². The molecule has 4 rings (SSSR count). The average Bonchev–Trinajstić information content (AvgIpc) is 2.99. The fourth-order valence-electron chi connectivity index (χ4n) is 3.24. The van der Waals surface area contributed by atoms with Gasteiger partial charge in [-0.05, 0) is 55.8 Å². The van der Waals surface area contributed by atoms with E-state index >= 15 is 0 Å². The molecule has 0 saturated carbocycles. The Hall–Kier alpha value is -2.47. The zero-order valence-corrected chi connectivity index (χ0v) is 13.7. The molecular formula is C19H19F2N3O. The molecule has 1 fully saturated rings. The maximum atomic E-state index is 13.7. The lowest BCUT2D eigenvalue weighted by atomic mass is 10.0. The maximum absolute atomic E-state index is 13.7. The van der Waals surface area contributed by atoms with Crippen molar-refractivity contribution in [3.8, 4) is 11.6 Å². The molecule has 0 unspecified atom stereocenters. The van der Waals surface area contributed by atoms with Crippen LogP contribution >= 0.6 is 0 Å². The summed E-state index contributed by atoms with van der Waals surface area (Å²) in [7, 11) is 0. The second-order valence-corrected chi connectivity index (χ2v) is 6.38. The van der Waals surface area contributed by atoms with Crippen molar-refractivity contribution in [1.82, 2.24) is 15.1 Å². The lowest BCUT2D eigenvalue weighted by molar-refractivity contribution is 0.213. The first kappa shape index (κ1) is 16.0. The number of ether oxygens (including phenoxy) is 1. The molecule has 0 spiro atoms. The molecule has 2 aromatic carbocycles. The molecule has 0 amide bonds. The molecule has 25 heavy (non-hydrogen) atoms. The minimum Gasteiger partial charge on any atom is -0.476 e. The van der Waals surface area contributed by atoms with Crippen LogP contribution in [0.25, 0.3) is 16.6 Å². The van der Waals surface area contributed by atoms with Crippen LogP contribution in [0.2, 0.25) is 0 Å². The Balaban J connectivity index is 1.69. The van der Waals surface area contributed by atoms with Gasteiger partial charge in [-0.2, -0.15) is 0 Å². The average molecular weight is 343 g/mol. The number of aromatic nitrogens is 2. The third-order valence-corrected chi connectivity index (χ3v) is 4.52. The predicted octanol–water partition coefficient (Wildman–Crippen LogP) is 3.68. The Morgan fingerprint density at radius 2 is 2.04 bits per heavy atom. The van der Waals surface area contributed by atoms with Gasteiger partial charge in [0, 0.05) is 12.5 Å². The van der Waals surface area contributed by atoms with Crippen molar-refractivity contribution in [2.75, 3.05) is 19.7 Å². The first-order chi connectivity index (χ1) is 12.2. The fourth-order valence-corrected chi connectivity index (χ4v) is 3.24. The Labute approximate surface area is 144 Å². The summed E-state index contributed by atoms with van der Waals surface area (Å²) in [5.74, 6) is 0.0931. The number of hydrogen-bond acceptors (Lipinski definition) is 3. The molecule has 0 bridgehead atoms. The molecule has 1 aliphatic heterocycles. The van der Waals surface area contributed by atoms with E-state index < -0.39 is 0 Å². The van der Waals surface area contributed by atoms with Crippen molar-refractivity contribution in [2.45, 2.75) is 12.8 Å². The van der Waals surface area contributed by atoms with E-state index in [-0.39, 0.29) is 11.6 Å². The van der Waals surface area contributed by atoms with E-state index in [4.69, 9.17) is 4.74 Å². The van der Waals surface area contributed by atoms with E-state index in [2.05, 4.69) is 10.4 Å². The standard InChI is InChI=1S/C19H19F2N3O/c20-14-4-1-5-16(9-14)24-18-7-6-15(21)10-17(18)19(23-24)25-12-13-3-2-8-22-11-13/h1,4-7,9-10,13,22H,2-3,8,11-12H2/t13-/m0/s1. The minimum absolute atomic E-state index is 0.348. The van der Waals surface area contributed by atoms with Crippen LogP contribution in [0.1, 0.15) is 12.8 Å². The van der Waals surface area contributed by atoms with E-state index in [9.17, 15) is 8.78 Å². The van der Waals surface area contributed by atoms with Gasteiger partial charge >= 0.3 is 0 Å². The smallest absolute Gasteiger partial charge is 0.241 e. The lowest BCUT2D eigenvalue weighted by Gasteiger charge is -2.22. The number of piperidine rings is 1. The summed E-state index contributed by atoms with van der Waals surface area (Å²) in [5, 5.41) is 8.41. The third-order valence-electron chi connectivity index (χ3n) is 4.52. The van der Waals surface area contributed by atoms with Crippen LogP contribution in [0.5, 0.6) is 5.88 Å². The fraction of sp³-hybridized carbons (Fsp3) is 0.316. The largest absolute Gasteiger partial charge is 0.476 e. The normalized spacial score (nSPS) is 17.8. The second-order valence-electron chi connectivity index (χ2n) is 6.38. The Bertz CT molecular complexity index is 888. The number of benzene rings is 2. The van der Waals surface area contributed by atoms with E-state index in [0.29, 0.717) is 35.0 Å². The van der Waals surface area contributed by atoms with Crippen molar-refractivity contribution in [2.24, 2.45) is 5.92 Å². The van der Waals surface area contributed by atoms with Gasteiger partial charge in [0.1, 0.15) is 11.6 Å². The molecule has 3 aromatic rings. The number of nitrogens with zero attached hydrogens (tertiary/aromatic N) is 2. The van der Waals surface area contributed by atoms with Crippen LogP contribution in [0.4, 0.5) is 8.78 Å². The van der Waals surface area contributed by atoms with E-state index in [1.54, 1.807) is 22.9 Å². The summed E-state index contributed by atoms with van der Waals surface area (Å²) in [6, 6.07) is 10.6. The van der Waals surface area contributed by atoms with Gasteiger partial charge in [-0.3, -0.25) is 0 Å². The van der Waals surface area contributed by atoms with Crippen LogP contribution in [0.3, 0.4) is 0 Å². The molecular weight excluding hydrogens is 324 g/mol. The van der Waals surface area contributed by atoms with Crippen LogP contribution in [0.15, 0.2) is 42.5 Å². The zero-order valence-electron chi connectivity index (χ0n) is 13.7. The van der Waals surface area contributed by atoms with Gasteiger partial charge in [0.05, 0.1) is 23.2 Å². The highest BCUT2D eigenvalue weighted by Crippen LogP contribution is 2.29. The summed E-state index contributed by atoms with van der Waals surface area (Å²) in [4.78, 5) is 0. The second kappa shape index (κ2) is 6.80. The highest BCUT2D eigenvalue weighted by Gasteiger charge is 2.18. The van der Waals surface area contributed by atoms with Crippen LogP contribution < -0.4 is 10.1 Å². The van der Waals surface area contributed by atoms with Crippen LogP contribution in [-0.4, -0.2) is 29.5 Å². The molecule has 130 valence electrons. The van der Waals surface area contributed by atoms with Gasteiger partial charge in [0.15, 0.2) is 0 Å². The molecule has 1 N–H and O–H groups in total. The molecule has 1 aliphatic rings. The van der Waals surface area contributed by atoms with Crippen molar-refractivity contribution in [3.63, 3.8) is 0 Å². The highest BCUT2D eigenvalue weighted by molar-refractivity contribution is 5.86. The van der Waals surface area contributed by atoms with Gasteiger partial charge in [0.25, 0.3) is 0 Å². The number of nitrogens with one attached hydrogen (secondary N) is 1. The first-order valence-corrected chi connectivity index (χ1v) is 8.48. The van der Waals surface area contributed by atoms with E-state index in [0.717, 1.165) is 25.9 Å². The lowest BCUT2D eigenvalue weighted by Crippen LogP contribution is -2.33. The molecule has 0 radical (unpaired) electrons. The van der Waals surface area contributed by atoms with Gasteiger partial charge in [-0.25, -0.2) is 13.5 Å². The zero-order chi connectivity index (χ0) is 17.2. The van der Waals surface area contributed by atoms with Gasteiger partial charge in [-0.1, -0.05) is 6.07 Å². The quantitative estimate of drug-likeness (QED) is 0.785. The van der Waals surface area contributed by atoms with E-state index in [1.807, 2.05) is 0 Å². The Kier molecular flexibility index (Phi) is 4.36. The van der Waals surface area contributed by atoms with Crippen LogP contribution in [0, 0.1) is 17.6 Å². The molecule has 1 atom stereocenters. The Morgan fingerprint density at radius 1 is 1.16 bits per heavy atom. The molecule has 1 aromatic heterocycles. The summed E-state index contributed by atoms with van der Waals surface area (Å²) >= 11 is 0. The van der Waals surface area contributed by atoms with Gasteiger partial charge in [0.2, 0.25) is 5.88 Å². The molecule has 2 heterocycles. The van der Waals surface area contributed by atoms with E-state index in [1.165, 1.54) is 24.3 Å². The summed E-state index contributed by atoms with van der Waals surface area (Å²) in [5.41, 5.74) is 1.26. The number of rotatable bonds is 4. The maximum Gasteiger partial charge on any atom is 0.241 e. The SMILES string of the molecule is Fc1cccc(-n2nc(OC[C@H]3CCCNC3)c3cc(F)ccc32)c1. The molecule has 1 saturated heterocycles. The van der Waals surface area contributed by atoms with Crippen molar-refractivity contribution < 1.29 is 13.5 Å². The molecule has 4 nitrogen and oxygen atoms in total. The topological polar surface area (TPSA) is 39.1 Å². The molecule has 0 aliphatic carbocycles. The predicted molar refractivity (Wildman–Crippen MR) is 92.1 cm³/mol. The van der Waals surface area contributed by atoms with Crippen LogP contribution in [-0.2, 0) is 0 Å². The minimum atomic E-state index is -0.351. The van der Waals surface area contributed by atoms with Gasteiger partial charge in [-0.15, -0.1) is 5.10 Å². The summed E-state index contributed by atoms with van der Waals surface area (Å²) in [6.45, 7) is 2.48. The Morgan fingerprint density at radius 3 is 2.84 bits per heavy atom. The van der Waals surface area contributed by atoms with Gasteiger partial charge < -0.3 is 10.1 Å². The number of hydrogen-bond donors (Lipinski definition) is 1. The summed E-state index contributed by atoms with van der Waals surface area (Å²) in [6.07, 6.45) is 2.23. The highest BCUT2D eigenvalue weighted by atomic mass is 19.1. The van der Waals surface area contributed by atoms with Crippen molar-refractivity contribution in [1.29, 1.82) is 0 Å². The molecule has 6 heteroatoms. The third kappa shape index (κ3) is 3.35. The number of halogens is 2. The number of fused-ring (bicyclic) bond motifs is 1. The first-order valence-electron chi connectivity index (χ1n) is 8.48. The summed E-state index contributed by atoms with van der Waals surface area (Å²) < 4.78 is 34.8. The monoisotopic (exact) mass is 343 g/mol. The van der Waals surface area contributed by atoms with Crippen molar-refractivity contribution >= 4 is 10.9 Å².